The van der Waals surface area contributed by atoms with Gasteiger partial charge in [-0.25, -0.2) is 13.6 Å². The average Bonchev–Trinajstić information content (AvgIpc) is 3.00. The highest BCUT2D eigenvalue weighted by atomic mass is 32.2. The van der Waals surface area contributed by atoms with Gasteiger partial charge in [-0.3, -0.25) is 0 Å². The van der Waals surface area contributed by atoms with Crippen LogP contribution in [0.1, 0.15) is 55.8 Å². The van der Waals surface area contributed by atoms with E-state index in [1.54, 1.807) is 11.8 Å². The van der Waals surface area contributed by atoms with Gasteiger partial charge in [0.2, 0.25) is 0 Å². The monoisotopic (exact) mass is 368 g/mol. The Morgan fingerprint density at radius 1 is 1.08 bits per heavy atom. The van der Waals surface area contributed by atoms with E-state index >= 15 is 0 Å². The van der Waals surface area contributed by atoms with Crippen molar-refractivity contribution in [1.82, 2.24) is 10.2 Å². The summed E-state index contributed by atoms with van der Waals surface area (Å²) in [4.78, 5) is 14.4. The highest BCUT2D eigenvalue weighted by molar-refractivity contribution is 7.99. The number of thioether (sulfide) groups is 1. The van der Waals surface area contributed by atoms with Crippen molar-refractivity contribution in [2.45, 2.75) is 56.2 Å². The molecule has 2 fully saturated rings. The minimum absolute atomic E-state index is 0.00661. The highest BCUT2D eigenvalue weighted by Crippen LogP contribution is 2.36. The van der Waals surface area contributed by atoms with Crippen LogP contribution < -0.4 is 5.32 Å². The summed E-state index contributed by atoms with van der Waals surface area (Å²) in [5.41, 5.74) is 0.413. The van der Waals surface area contributed by atoms with Gasteiger partial charge in [0.15, 0.2) is 0 Å². The number of nitrogens with zero attached hydrogens (tertiary/aromatic N) is 1. The number of carbonyl (C=O) groups excluding carboxylic acids is 1. The fourth-order valence-corrected chi connectivity index (χ4v) is 4.92. The molecule has 2 aliphatic rings. The number of hydrogen-bond acceptors (Lipinski definition) is 2. The Bertz CT molecular complexity index is 591. The van der Waals surface area contributed by atoms with Crippen LogP contribution in [0.15, 0.2) is 18.2 Å². The summed E-state index contributed by atoms with van der Waals surface area (Å²) in [5.74, 6) is -0.0434. The maximum Gasteiger partial charge on any atom is 0.317 e. The van der Waals surface area contributed by atoms with Crippen LogP contribution in [0.5, 0.6) is 0 Å². The zero-order valence-electron chi connectivity index (χ0n) is 14.5. The van der Waals surface area contributed by atoms with E-state index in [-0.39, 0.29) is 23.1 Å². The van der Waals surface area contributed by atoms with Gasteiger partial charge in [0.05, 0.1) is 0 Å². The maximum atomic E-state index is 14.0. The van der Waals surface area contributed by atoms with E-state index in [1.165, 1.54) is 37.8 Å². The Kier molecular flexibility index (Phi) is 6.57. The lowest BCUT2D eigenvalue weighted by Crippen LogP contribution is -2.45. The zero-order valence-corrected chi connectivity index (χ0v) is 15.3. The van der Waals surface area contributed by atoms with Crippen molar-refractivity contribution in [3.8, 4) is 0 Å². The number of amides is 2. The summed E-state index contributed by atoms with van der Waals surface area (Å²) < 4.78 is 27.5. The number of carbonyl (C=O) groups is 1. The van der Waals surface area contributed by atoms with E-state index in [2.05, 4.69) is 5.32 Å². The lowest BCUT2D eigenvalue weighted by atomic mass is 10.1. The van der Waals surface area contributed by atoms with Crippen molar-refractivity contribution in [2.75, 3.05) is 18.8 Å². The molecule has 0 spiro atoms. The molecule has 0 bridgehead atoms. The fourth-order valence-electron chi connectivity index (χ4n) is 3.67. The molecular formula is C19H26F2N2OS. The van der Waals surface area contributed by atoms with Crippen molar-refractivity contribution in [2.24, 2.45) is 0 Å². The van der Waals surface area contributed by atoms with Gasteiger partial charge in [0.25, 0.3) is 0 Å². The first kappa shape index (κ1) is 18.5. The Balaban J connectivity index is 1.57. The molecule has 1 aromatic carbocycles. The van der Waals surface area contributed by atoms with E-state index < -0.39 is 5.82 Å². The molecule has 0 aromatic heterocycles. The highest BCUT2D eigenvalue weighted by Gasteiger charge is 2.25. The lowest BCUT2D eigenvalue weighted by Gasteiger charge is -2.24. The van der Waals surface area contributed by atoms with Crippen molar-refractivity contribution < 1.29 is 13.6 Å². The molecule has 6 heteroatoms. The van der Waals surface area contributed by atoms with E-state index in [1.807, 2.05) is 4.90 Å². The Hall–Kier alpha value is -1.30. The first-order valence-corrected chi connectivity index (χ1v) is 10.3. The molecule has 25 heavy (non-hydrogen) atoms. The molecular weight excluding hydrogens is 342 g/mol. The van der Waals surface area contributed by atoms with E-state index in [4.69, 9.17) is 0 Å². The van der Waals surface area contributed by atoms with E-state index in [0.29, 0.717) is 25.1 Å². The van der Waals surface area contributed by atoms with Crippen LogP contribution in [0.25, 0.3) is 0 Å². The van der Waals surface area contributed by atoms with Crippen molar-refractivity contribution in [3.05, 3.63) is 35.4 Å². The first-order valence-electron chi connectivity index (χ1n) is 9.25. The quantitative estimate of drug-likeness (QED) is 0.755. The summed E-state index contributed by atoms with van der Waals surface area (Å²) in [7, 11) is 0. The van der Waals surface area contributed by atoms with Crippen molar-refractivity contribution in [1.29, 1.82) is 0 Å². The topological polar surface area (TPSA) is 32.3 Å². The maximum absolute atomic E-state index is 14.0. The third-order valence-corrected chi connectivity index (χ3v) is 6.43. The molecule has 1 saturated carbocycles. The van der Waals surface area contributed by atoms with Gasteiger partial charge in [-0.05, 0) is 37.5 Å². The van der Waals surface area contributed by atoms with Crippen LogP contribution in [-0.4, -0.2) is 35.8 Å². The van der Waals surface area contributed by atoms with Gasteiger partial charge in [-0.2, -0.15) is 11.8 Å². The molecule has 1 N–H and O–H groups in total. The van der Waals surface area contributed by atoms with Gasteiger partial charge in [-0.15, -0.1) is 0 Å². The van der Waals surface area contributed by atoms with Crippen LogP contribution in [0, 0.1) is 11.6 Å². The number of nitrogens with one attached hydrogen (secondary N) is 1. The molecule has 1 aliphatic carbocycles. The molecule has 138 valence electrons. The number of halogens is 2. The predicted molar refractivity (Wildman–Crippen MR) is 97.8 cm³/mol. The van der Waals surface area contributed by atoms with Gasteiger partial charge >= 0.3 is 6.03 Å². The van der Waals surface area contributed by atoms with Gasteiger partial charge < -0.3 is 10.2 Å². The largest absolute Gasteiger partial charge is 0.335 e. The smallest absolute Gasteiger partial charge is 0.317 e. The second-order valence-corrected chi connectivity index (χ2v) is 8.25. The average molecular weight is 368 g/mol. The second kappa shape index (κ2) is 8.88. The fraction of sp³-hybridized carbons (Fsp3) is 0.632. The molecule has 3 nitrogen and oxygen atoms in total. The summed E-state index contributed by atoms with van der Waals surface area (Å²) in [5, 5.41) is 3.07. The lowest BCUT2D eigenvalue weighted by molar-refractivity contribution is 0.195. The molecule has 2 amide bonds. The Morgan fingerprint density at radius 3 is 2.60 bits per heavy atom. The number of rotatable bonds is 2. The summed E-state index contributed by atoms with van der Waals surface area (Å²) in [6.07, 6.45) is 7.64. The molecule has 1 aromatic rings. The molecule has 0 radical (unpaired) electrons. The molecule has 1 unspecified atom stereocenters. The minimum Gasteiger partial charge on any atom is -0.335 e. The van der Waals surface area contributed by atoms with Gasteiger partial charge in [0, 0.05) is 35.7 Å². The molecule has 3 rings (SSSR count). The van der Waals surface area contributed by atoms with Crippen molar-refractivity contribution in [3.63, 3.8) is 0 Å². The Morgan fingerprint density at radius 2 is 1.84 bits per heavy atom. The van der Waals surface area contributed by atoms with Crippen LogP contribution >= 0.6 is 11.8 Å². The SMILES string of the molecule is O=C(NC1CCCCCC1)N1CCSC(c2cc(F)ccc2F)CC1. The molecule has 1 aliphatic heterocycles. The van der Waals surface area contributed by atoms with Crippen molar-refractivity contribution >= 4 is 17.8 Å². The third kappa shape index (κ3) is 5.09. The van der Waals surface area contributed by atoms with Crippen LogP contribution in [0.2, 0.25) is 0 Å². The number of hydrogen-bond donors (Lipinski definition) is 1. The standard InChI is InChI=1S/C19H26F2N2OS/c20-14-7-8-17(21)16(13-14)18-9-10-23(11-12-25-18)19(24)22-15-5-3-1-2-4-6-15/h7-8,13,15,18H,1-6,9-12H2,(H,22,24). The predicted octanol–water partition coefficient (Wildman–Crippen LogP) is 4.88. The first-order chi connectivity index (χ1) is 12.1. The molecule has 1 atom stereocenters. The second-order valence-electron chi connectivity index (χ2n) is 6.94. The van der Waals surface area contributed by atoms with Crippen LogP contribution in [0.3, 0.4) is 0 Å². The summed E-state index contributed by atoms with van der Waals surface area (Å²) in [6.45, 7) is 1.23. The van der Waals surface area contributed by atoms with E-state index in [9.17, 15) is 13.6 Å². The van der Waals surface area contributed by atoms with Crippen LogP contribution in [0.4, 0.5) is 13.6 Å². The van der Waals surface area contributed by atoms with E-state index in [0.717, 1.165) is 24.7 Å². The zero-order chi connectivity index (χ0) is 17.6. The summed E-state index contributed by atoms with van der Waals surface area (Å²) in [6, 6.07) is 3.89. The number of urea groups is 1. The third-order valence-electron chi connectivity index (χ3n) is 5.12. The molecule has 1 heterocycles. The van der Waals surface area contributed by atoms with Crippen LogP contribution in [-0.2, 0) is 0 Å². The van der Waals surface area contributed by atoms with Gasteiger partial charge in [-0.1, -0.05) is 25.7 Å². The normalized spacial score (nSPS) is 23.0. The van der Waals surface area contributed by atoms with Gasteiger partial charge in [0.1, 0.15) is 11.6 Å². The molecule has 1 saturated heterocycles. The Labute approximate surface area is 152 Å². The number of benzene rings is 1. The summed E-state index contributed by atoms with van der Waals surface area (Å²) >= 11 is 1.60. The minimum atomic E-state index is -0.413.